The molecule has 6 heteroatoms. The van der Waals surface area contributed by atoms with Crippen molar-refractivity contribution in [2.75, 3.05) is 4.90 Å². The Labute approximate surface area is 194 Å². The zero-order chi connectivity index (χ0) is 22.2. The summed E-state index contributed by atoms with van der Waals surface area (Å²) in [5.41, 5.74) is 4.43. The highest BCUT2D eigenvalue weighted by Gasteiger charge is 2.47. The molecule has 5 nitrogen and oxygen atoms in total. The molecule has 1 aliphatic carbocycles. The number of hydrogen-bond acceptors (Lipinski definition) is 4. The average molecular weight is 489 g/mol. The van der Waals surface area contributed by atoms with Gasteiger partial charge in [0.15, 0.2) is 0 Å². The summed E-state index contributed by atoms with van der Waals surface area (Å²) in [5, 5.41) is 11.3. The molecule has 0 bridgehead atoms. The average Bonchev–Trinajstić information content (AvgIpc) is 3.09. The lowest BCUT2D eigenvalue weighted by molar-refractivity contribution is -0.132. The van der Waals surface area contributed by atoms with Gasteiger partial charge >= 0.3 is 0 Å². The van der Waals surface area contributed by atoms with Gasteiger partial charge in [-0.3, -0.25) is 19.5 Å². The second kappa shape index (κ2) is 8.36. The highest BCUT2D eigenvalue weighted by atomic mass is 79.9. The van der Waals surface area contributed by atoms with E-state index in [1.807, 2.05) is 30.3 Å². The molecule has 160 valence electrons. The third-order valence-electron chi connectivity index (χ3n) is 6.17. The molecule has 1 unspecified atom stereocenters. The molecule has 1 fully saturated rings. The molecule has 1 saturated heterocycles. The lowest BCUT2D eigenvalue weighted by atomic mass is 9.89. The van der Waals surface area contributed by atoms with Crippen LogP contribution in [0.15, 0.2) is 77.0 Å². The minimum Gasteiger partial charge on any atom is -0.507 e. The zero-order valence-electron chi connectivity index (χ0n) is 17.3. The van der Waals surface area contributed by atoms with Crippen molar-refractivity contribution in [3.63, 3.8) is 0 Å². The Morgan fingerprint density at radius 1 is 0.969 bits per heavy atom. The molecule has 3 aromatic rings. The van der Waals surface area contributed by atoms with Gasteiger partial charge in [-0.1, -0.05) is 34.1 Å². The normalized spacial score (nSPS) is 19.8. The Balaban J connectivity index is 1.69. The van der Waals surface area contributed by atoms with Crippen LogP contribution in [0.2, 0.25) is 0 Å². The lowest BCUT2D eigenvalue weighted by Gasteiger charge is -2.25. The number of hydrogen-bond donors (Lipinski definition) is 1. The van der Waals surface area contributed by atoms with Crippen molar-refractivity contribution in [1.29, 1.82) is 0 Å². The van der Waals surface area contributed by atoms with Crippen LogP contribution in [-0.4, -0.2) is 21.8 Å². The van der Waals surface area contributed by atoms with Crippen LogP contribution in [-0.2, 0) is 22.4 Å². The van der Waals surface area contributed by atoms with Crippen molar-refractivity contribution >= 4 is 39.1 Å². The van der Waals surface area contributed by atoms with E-state index in [0.717, 1.165) is 30.2 Å². The number of carbonyl (C=O) groups excluding carboxylic acids is 2. The van der Waals surface area contributed by atoms with Crippen molar-refractivity contribution in [2.45, 2.75) is 31.7 Å². The molecular weight excluding hydrogens is 468 g/mol. The van der Waals surface area contributed by atoms with Crippen molar-refractivity contribution in [2.24, 2.45) is 0 Å². The van der Waals surface area contributed by atoms with Gasteiger partial charge in [0.1, 0.15) is 5.76 Å². The van der Waals surface area contributed by atoms with Crippen LogP contribution in [0, 0.1) is 0 Å². The molecule has 0 saturated carbocycles. The number of rotatable bonds is 3. The fourth-order valence-corrected chi connectivity index (χ4v) is 5.01. The summed E-state index contributed by atoms with van der Waals surface area (Å²) in [4.78, 5) is 31.9. The van der Waals surface area contributed by atoms with Crippen LogP contribution in [0.4, 0.5) is 5.69 Å². The van der Waals surface area contributed by atoms with Crippen LogP contribution in [0.1, 0.15) is 41.1 Å². The highest BCUT2D eigenvalue weighted by Crippen LogP contribution is 2.42. The van der Waals surface area contributed by atoms with Crippen molar-refractivity contribution in [1.82, 2.24) is 4.98 Å². The topological polar surface area (TPSA) is 70.5 Å². The van der Waals surface area contributed by atoms with Gasteiger partial charge in [0.25, 0.3) is 11.7 Å². The van der Waals surface area contributed by atoms with E-state index in [1.54, 1.807) is 36.7 Å². The molecule has 0 spiro atoms. The Bertz CT molecular complexity index is 1250. The number of aromatic nitrogens is 1. The smallest absolute Gasteiger partial charge is 0.300 e. The third-order valence-corrected chi connectivity index (χ3v) is 6.67. The largest absolute Gasteiger partial charge is 0.507 e. The molecule has 1 aromatic heterocycles. The number of aliphatic hydroxyl groups excluding tert-OH is 1. The number of ketones is 1. The van der Waals surface area contributed by atoms with Crippen LogP contribution in [0.3, 0.4) is 0 Å². The van der Waals surface area contributed by atoms with Gasteiger partial charge in [0, 0.05) is 28.1 Å². The maximum atomic E-state index is 13.2. The number of halogens is 1. The number of aryl methyl sites for hydroxylation is 2. The number of amides is 1. The van der Waals surface area contributed by atoms with E-state index < -0.39 is 17.7 Å². The molecule has 1 aliphatic heterocycles. The van der Waals surface area contributed by atoms with Gasteiger partial charge < -0.3 is 5.11 Å². The summed E-state index contributed by atoms with van der Waals surface area (Å²) in [5.74, 6) is -1.50. The minimum atomic E-state index is -0.747. The van der Waals surface area contributed by atoms with Gasteiger partial charge in [-0.15, -0.1) is 0 Å². The molecule has 2 heterocycles. The molecule has 5 rings (SSSR count). The van der Waals surface area contributed by atoms with Crippen LogP contribution < -0.4 is 4.90 Å². The van der Waals surface area contributed by atoms with Crippen molar-refractivity contribution in [3.05, 3.63) is 99.3 Å². The number of carbonyl (C=O) groups is 2. The fourth-order valence-electron chi connectivity index (χ4n) is 4.62. The van der Waals surface area contributed by atoms with Crippen LogP contribution >= 0.6 is 15.9 Å². The molecule has 32 heavy (non-hydrogen) atoms. The predicted octanol–water partition coefficient (Wildman–Crippen LogP) is 5.35. The van der Waals surface area contributed by atoms with E-state index in [9.17, 15) is 14.7 Å². The van der Waals surface area contributed by atoms with Crippen molar-refractivity contribution < 1.29 is 14.7 Å². The van der Waals surface area contributed by atoms with Gasteiger partial charge in [-0.05, 0) is 78.8 Å². The van der Waals surface area contributed by atoms with Gasteiger partial charge in [-0.2, -0.15) is 0 Å². The summed E-state index contributed by atoms with van der Waals surface area (Å²) in [6, 6.07) is 15.8. The second-order valence-electron chi connectivity index (χ2n) is 8.12. The van der Waals surface area contributed by atoms with Gasteiger partial charge in [0.2, 0.25) is 0 Å². The number of benzene rings is 2. The molecular formula is C26H21BrN2O3. The van der Waals surface area contributed by atoms with Crippen LogP contribution in [0.5, 0.6) is 0 Å². The van der Waals surface area contributed by atoms with Crippen molar-refractivity contribution in [3.8, 4) is 0 Å². The summed E-state index contributed by atoms with van der Waals surface area (Å²) >= 11 is 3.44. The Hall–Kier alpha value is -3.25. The maximum Gasteiger partial charge on any atom is 0.300 e. The SMILES string of the molecule is O=C1C(=O)N(c2cccc(Br)c2)C(c2ccncc2)/C1=C(/O)c1ccc2c(c1)CCCC2. The summed E-state index contributed by atoms with van der Waals surface area (Å²) in [7, 11) is 0. The summed E-state index contributed by atoms with van der Waals surface area (Å²) in [6.07, 6.45) is 7.50. The van der Waals surface area contributed by atoms with E-state index in [-0.39, 0.29) is 11.3 Å². The zero-order valence-corrected chi connectivity index (χ0v) is 18.9. The monoisotopic (exact) mass is 488 g/mol. The Morgan fingerprint density at radius 3 is 2.47 bits per heavy atom. The van der Waals surface area contributed by atoms with E-state index in [2.05, 4.69) is 20.9 Å². The lowest BCUT2D eigenvalue weighted by Crippen LogP contribution is -2.29. The second-order valence-corrected chi connectivity index (χ2v) is 9.04. The molecule has 1 N–H and O–H groups in total. The maximum absolute atomic E-state index is 13.2. The first-order valence-electron chi connectivity index (χ1n) is 10.6. The van der Waals surface area contributed by atoms with Gasteiger partial charge in [0.05, 0.1) is 11.6 Å². The van der Waals surface area contributed by atoms with Gasteiger partial charge in [-0.25, -0.2) is 0 Å². The number of fused-ring (bicyclic) bond motifs is 1. The van der Waals surface area contributed by atoms with E-state index in [1.165, 1.54) is 16.0 Å². The van der Waals surface area contributed by atoms with E-state index in [4.69, 9.17) is 0 Å². The highest BCUT2D eigenvalue weighted by molar-refractivity contribution is 9.10. The minimum absolute atomic E-state index is 0.0944. The Kier molecular flexibility index (Phi) is 5.39. The molecule has 1 atom stereocenters. The van der Waals surface area contributed by atoms with E-state index in [0.29, 0.717) is 16.8 Å². The quantitative estimate of drug-likeness (QED) is 0.306. The number of aliphatic hydroxyl groups is 1. The van der Waals surface area contributed by atoms with Crippen LogP contribution in [0.25, 0.3) is 5.76 Å². The Morgan fingerprint density at radius 2 is 1.72 bits per heavy atom. The predicted molar refractivity (Wildman–Crippen MR) is 126 cm³/mol. The molecule has 0 radical (unpaired) electrons. The number of nitrogens with zero attached hydrogens (tertiary/aromatic N) is 2. The summed E-state index contributed by atoms with van der Waals surface area (Å²) in [6.45, 7) is 0. The first-order chi connectivity index (χ1) is 15.5. The number of pyridine rings is 1. The van der Waals surface area contributed by atoms with E-state index >= 15 is 0 Å². The first kappa shape index (κ1) is 20.6. The molecule has 2 aromatic carbocycles. The summed E-state index contributed by atoms with van der Waals surface area (Å²) < 4.78 is 0.792. The standard InChI is InChI=1S/C26H21BrN2O3/c27-20-6-3-7-21(15-20)29-23(17-10-12-28-13-11-17)22(25(31)26(29)32)24(30)19-9-8-16-4-1-2-5-18(16)14-19/h3,6-15,23,30H,1-2,4-5H2/b24-22-. The number of Topliss-reactive ketones (excluding diaryl/α,β-unsaturated/α-hetero) is 1. The molecule has 1 amide bonds. The third kappa shape index (κ3) is 3.54. The fraction of sp³-hybridized carbons (Fsp3) is 0.192. The molecule has 2 aliphatic rings. The number of anilines is 1. The first-order valence-corrected chi connectivity index (χ1v) is 11.4.